The molecule has 0 saturated heterocycles. The number of hydrogen-bond acceptors (Lipinski definition) is 7. The molecule has 2 heterocycles. The van der Waals surface area contributed by atoms with Crippen molar-refractivity contribution in [3.8, 4) is 28.8 Å². The van der Waals surface area contributed by atoms with Gasteiger partial charge in [-0.15, -0.1) is 5.10 Å². The average Bonchev–Trinajstić information content (AvgIpc) is 3.52. The molecular formula is C30H29ClN6O5. The van der Waals surface area contributed by atoms with E-state index in [9.17, 15) is 9.59 Å². The number of ether oxygens (including phenoxy) is 3. The summed E-state index contributed by atoms with van der Waals surface area (Å²) in [4.78, 5) is 26.7. The second kappa shape index (κ2) is 12.2. The van der Waals surface area contributed by atoms with Gasteiger partial charge in [0, 0.05) is 18.3 Å². The van der Waals surface area contributed by atoms with Gasteiger partial charge < -0.3 is 19.5 Å². The molecule has 2 aromatic heterocycles. The molecule has 1 N–H and O–H groups in total. The molecule has 42 heavy (non-hydrogen) atoms. The second-order valence-electron chi connectivity index (χ2n) is 9.40. The van der Waals surface area contributed by atoms with Crippen molar-refractivity contribution in [2.24, 2.45) is 7.05 Å². The molecule has 0 spiro atoms. The van der Waals surface area contributed by atoms with Crippen LogP contribution in [0, 0.1) is 0 Å². The molecule has 5 rings (SSSR count). The molecule has 12 heteroatoms. The minimum absolute atomic E-state index is 0.229. The van der Waals surface area contributed by atoms with Crippen molar-refractivity contribution in [1.29, 1.82) is 0 Å². The molecule has 3 aromatic carbocycles. The van der Waals surface area contributed by atoms with Crippen molar-refractivity contribution in [3.05, 3.63) is 105 Å². The first-order chi connectivity index (χ1) is 20.3. The Morgan fingerprint density at radius 1 is 0.857 bits per heavy atom. The third kappa shape index (κ3) is 6.01. The third-order valence-corrected chi connectivity index (χ3v) is 6.87. The number of halogens is 1. The van der Waals surface area contributed by atoms with E-state index in [0.717, 1.165) is 16.9 Å². The fraction of sp³-hybridized carbons (Fsp3) is 0.200. The number of nitrogens with zero attached hydrogens (tertiary/aromatic N) is 5. The van der Waals surface area contributed by atoms with Crippen LogP contribution in [-0.2, 0) is 20.1 Å². The number of aryl methyl sites for hydroxylation is 1. The maximum Gasteiger partial charge on any atom is 0.346 e. The number of benzene rings is 3. The van der Waals surface area contributed by atoms with Crippen LogP contribution < -0.4 is 25.2 Å². The van der Waals surface area contributed by atoms with E-state index in [0.29, 0.717) is 40.3 Å². The Labute approximate surface area is 246 Å². The quantitative estimate of drug-likeness (QED) is 0.256. The standard InChI is InChI=1S/C30H29ClN6O5/c1-35-30(39)37(17-20-7-12-23(41-3)13-8-20)28(34-35)27-25(32-29(38)24-15-21(31)9-14-26(24)42-4)18-36(33-27)16-19-5-10-22(40-2)11-6-19/h5-15,18H,16-17H2,1-4H3,(H,32,38). The number of amides is 1. The molecular weight excluding hydrogens is 560 g/mol. The van der Waals surface area contributed by atoms with Crippen LogP contribution in [0.15, 0.2) is 77.7 Å². The van der Waals surface area contributed by atoms with Crippen molar-refractivity contribution in [2.75, 3.05) is 26.6 Å². The zero-order valence-corrected chi connectivity index (χ0v) is 24.3. The molecule has 0 fully saturated rings. The highest BCUT2D eigenvalue weighted by Crippen LogP contribution is 2.29. The number of carbonyl (C=O) groups excluding carboxylic acids is 1. The van der Waals surface area contributed by atoms with E-state index in [1.807, 2.05) is 48.5 Å². The summed E-state index contributed by atoms with van der Waals surface area (Å²) in [7, 11) is 6.25. The van der Waals surface area contributed by atoms with Gasteiger partial charge in [0.15, 0.2) is 11.5 Å². The highest BCUT2D eigenvalue weighted by molar-refractivity contribution is 6.31. The Bertz CT molecular complexity index is 1770. The summed E-state index contributed by atoms with van der Waals surface area (Å²) >= 11 is 6.18. The van der Waals surface area contributed by atoms with Crippen LogP contribution in [-0.4, -0.2) is 51.4 Å². The fourth-order valence-electron chi connectivity index (χ4n) is 4.46. The van der Waals surface area contributed by atoms with Gasteiger partial charge in [0.1, 0.15) is 17.2 Å². The molecule has 0 atom stereocenters. The predicted molar refractivity (Wildman–Crippen MR) is 159 cm³/mol. The number of hydrogen-bond donors (Lipinski definition) is 1. The summed E-state index contributed by atoms with van der Waals surface area (Å²) in [6, 6.07) is 19.8. The van der Waals surface area contributed by atoms with Gasteiger partial charge >= 0.3 is 5.69 Å². The van der Waals surface area contributed by atoms with Gasteiger partial charge in [-0.1, -0.05) is 35.9 Å². The first kappa shape index (κ1) is 28.5. The molecule has 0 bridgehead atoms. The van der Waals surface area contributed by atoms with E-state index in [2.05, 4.69) is 10.4 Å². The Hall–Kier alpha value is -5.03. The number of aromatic nitrogens is 5. The number of nitrogens with one attached hydrogen (secondary N) is 1. The van der Waals surface area contributed by atoms with Gasteiger partial charge in [0.25, 0.3) is 5.91 Å². The molecule has 216 valence electrons. The number of rotatable bonds is 10. The van der Waals surface area contributed by atoms with Crippen molar-refractivity contribution in [3.63, 3.8) is 0 Å². The van der Waals surface area contributed by atoms with Crippen LogP contribution in [0.4, 0.5) is 5.69 Å². The normalized spacial score (nSPS) is 10.9. The van der Waals surface area contributed by atoms with Crippen LogP contribution in [0.5, 0.6) is 17.2 Å². The molecule has 5 aromatic rings. The number of methoxy groups -OCH3 is 3. The molecule has 0 radical (unpaired) electrons. The van der Waals surface area contributed by atoms with Crippen molar-refractivity contribution in [1.82, 2.24) is 24.1 Å². The molecule has 11 nitrogen and oxygen atoms in total. The summed E-state index contributed by atoms with van der Waals surface area (Å²) in [5.41, 5.74) is 2.41. The van der Waals surface area contributed by atoms with E-state index >= 15 is 0 Å². The van der Waals surface area contributed by atoms with E-state index < -0.39 is 5.91 Å². The number of carbonyl (C=O) groups is 1. The van der Waals surface area contributed by atoms with Gasteiger partial charge in [-0.05, 0) is 53.6 Å². The third-order valence-electron chi connectivity index (χ3n) is 6.64. The number of anilines is 1. The highest BCUT2D eigenvalue weighted by Gasteiger charge is 2.23. The van der Waals surface area contributed by atoms with E-state index in [-0.39, 0.29) is 17.8 Å². The van der Waals surface area contributed by atoms with Crippen LogP contribution in [0.25, 0.3) is 11.5 Å². The Kier molecular flexibility index (Phi) is 8.30. The second-order valence-corrected chi connectivity index (χ2v) is 9.84. The zero-order valence-electron chi connectivity index (χ0n) is 23.5. The van der Waals surface area contributed by atoms with Gasteiger partial charge in [-0.3, -0.25) is 14.0 Å². The van der Waals surface area contributed by atoms with Gasteiger partial charge in [-0.25, -0.2) is 9.48 Å². The summed E-state index contributed by atoms with van der Waals surface area (Å²) in [6.07, 6.45) is 1.70. The lowest BCUT2D eigenvalue weighted by Gasteiger charge is -2.10. The molecule has 0 aliphatic rings. The smallest absolute Gasteiger partial charge is 0.346 e. The van der Waals surface area contributed by atoms with E-state index in [1.165, 1.54) is 22.4 Å². The van der Waals surface area contributed by atoms with Crippen LogP contribution >= 0.6 is 11.6 Å². The summed E-state index contributed by atoms with van der Waals surface area (Å²) in [5.74, 6) is 1.63. The lowest BCUT2D eigenvalue weighted by Crippen LogP contribution is -2.23. The molecule has 1 amide bonds. The average molecular weight is 589 g/mol. The Morgan fingerprint density at radius 2 is 1.48 bits per heavy atom. The molecule has 0 saturated carbocycles. The minimum Gasteiger partial charge on any atom is -0.497 e. The fourth-order valence-corrected chi connectivity index (χ4v) is 4.63. The monoisotopic (exact) mass is 588 g/mol. The van der Waals surface area contributed by atoms with Crippen LogP contribution in [0.3, 0.4) is 0 Å². The van der Waals surface area contributed by atoms with Gasteiger partial charge in [0.05, 0.1) is 45.7 Å². The van der Waals surface area contributed by atoms with Crippen LogP contribution in [0.2, 0.25) is 5.02 Å². The lowest BCUT2D eigenvalue weighted by molar-refractivity contribution is 0.102. The molecule has 0 aliphatic heterocycles. The SMILES string of the molecule is COc1ccc(Cn2cc(NC(=O)c3cc(Cl)ccc3OC)c(-c3nn(C)c(=O)n3Cc3ccc(OC)cc3)n2)cc1. The van der Waals surface area contributed by atoms with Crippen molar-refractivity contribution in [2.45, 2.75) is 13.1 Å². The summed E-state index contributed by atoms with van der Waals surface area (Å²) in [5, 5.41) is 12.6. The first-order valence-corrected chi connectivity index (χ1v) is 13.3. The Balaban J connectivity index is 1.57. The van der Waals surface area contributed by atoms with Crippen molar-refractivity contribution < 1.29 is 19.0 Å². The maximum absolute atomic E-state index is 13.5. The van der Waals surface area contributed by atoms with Gasteiger partial charge in [0.2, 0.25) is 0 Å². The lowest BCUT2D eigenvalue weighted by atomic mass is 10.2. The summed E-state index contributed by atoms with van der Waals surface area (Å²) in [6.45, 7) is 0.621. The first-order valence-electron chi connectivity index (χ1n) is 12.9. The molecule has 0 unspecified atom stereocenters. The van der Waals surface area contributed by atoms with E-state index in [1.54, 1.807) is 44.3 Å². The van der Waals surface area contributed by atoms with Gasteiger partial charge in [-0.2, -0.15) is 5.10 Å². The zero-order chi connectivity index (χ0) is 29.8. The van der Waals surface area contributed by atoms with E-state index in [4.69, 9.17) is 30.9 Å². The summed E-state index contributed by atoms with van der Waals surface area (Å²) < 4.78 is 20.3. The largest absolute Gasteiger partial charge is 0.497 e. The topological polar surface area (TPSA) is 114 Å². The predicted octanol–water partition coefficient (Wildman–Crippen LogP) is 4.47. The van der Waals surface area contributed by atoms with Crippen LogP contribution in [0.1, 0.15) is 21.5 Å². The molecule has 0 aliphatic carbocycles. The maximum atomic E-state index is 13.5. The Morgan fingerprint density at radius 3 is 2.07 bits per heavy atom. The highest BCUT2D eigenvalue weighted by atomic mass is 35.5. The minimum atomic E-state index is -0.459. The van der Waals surface area contributed by atoms with Crippen molar-refractivity contribution >= 4 is 23.2 Å².